The van der Waals surface area contributed by atoms with Gasteiger partial charge in [0.25, 0.3) is 0 Å². The summed E-state index contributed by atoms with van der Waals surface area (Å²) in [6.07, 6.45) is 0. The lowest BCUT2D eigenvalue weighted by molar-refractivity contribution is -0.145. The Morgan fingerprint density at radius 3 is 3.10 bits per heavy atom. The van der Waals surface area contributed by atoms with Crippen LogP contribution in [-0.4, -0.2) is 41.7 Å². The molecule has 21 heavy (non-hydrogen) atoms. The van der Waals surface area contributed by atoms with E-state index in [9.17, 15) is 9.90 Å². The van der Waals surface area contributed by atoms with Gasteiger partial charge in [-0.25, -0.2) is 0 Å². The van der Waals surface area contributed by atoms with Gasteiger partial charge in [-0.15, -0.1) is 0 Å². The zero-order valence-corrected chi connectivity index (χ0v) is 13.3. The Bertz CT molecular complexity index is 670. The number of carboxylic acids is 1. The molecule has 0 spiro atoms. The first-order valence-corrected chi connectivity index (χ1v) is 7.74. The highest BCUT2D eigenvalue weighted by Gasteiger charge is 2.33. The van der Waals surface area contributed by atoms with Crippen molar-refractivity contribution in [3.63, 3.8) is 0 Å². The molecule has 1 aromatic heterocycles. The molecule has 6 heteroatoms. The van der Waals surface area contributed by atoms with Crippen LogP contribution in [0.4, 0.5) is 0 Å². The van der Waals surface area contributed by atoms with E-state index >= 15 is 0 Å². The Morgan fingerprint density at radius 2 is 2.33 bits per heavy atom. The number of piperazine rings is 1. The number of hydrogen-bond acceptors (Lipinski definition) is 4. The van der Waals surface area contributed by atoms with Gasteiger partial charge in [0.2, 0.25) is 0 Å². The van der Waals surface area contributed by atoms with E-state index < -0.39 is 12.0 Å². The lowest BCUT2D eigenvalue weighted by Gasteiger charge is -2.36. The van der Waals surface area contributed by atoms with Gasteiger partial charge in [0.15, 0.2) is 0 Å². The van der Waals surface area contributed by atoms with Crippen molar-refractivity contribution in [2.45, 2.75) is 19.0 Å². The Morgan fingerprint density at radius 1 is 1.52 bits per heavy atom. The van der Waals surface area contributed by atoms with E-state index in [1.54, 1.807) is 0 Å². The van der Waals surface area contributed by atoms with Gasteiger partial charge in [0.05, 0.1) is 6.04 Å². The van der Waals surface area contributed by atoms with Gasteiger partial charge in [-0.05, 0) is 31.2 Å². The van der Waals surface area contributed by atoms with Gasteiger partial charge in [-0.3, -0.25) is 9.69 Å². The molecule has 1 fully saturated rings. The lowest BCUT2D eigenvalue weighted by atomic mass is 10.1. The molecule has 2 aromatic rings. The van der Waals surface area contributed by atoms with Crippen LogP contribution >= 0.6 is 15.9 Å². The van der Waals surface area contributed by atoms with Crippen LogP contribution in [0.25, 0.3) is 11.0 Å². The molecule has 0 bridgehead atoms. The molecule has 0 aliphatic carbocycles. The molecule has 5 nitrogen and oxygen atoms in total. The number of nitrogens with zero attached hydrogens (tertiary/aromatic N) is 1. The molecule has 2 heterocycles. The molecule has 3 rings (SSSR count). The molecule has 1 aliphatic rings. The highest BCUT2D eigenvalue weighted by molar-refractivity contribution is 9.10. The average molecular weight is 353 g/mol. The first-order chi connectivity index (χ1) is 10.1. The van der Waals surface area contributed by atoms with Crippen molar-refractivity contribution in [2.75, 3.05) is 19.6 Å². The van der Waals surface area contributed by atoms with E-state index in [-0.39, 0.29) is 6.04 Å². The number of carboxylic acid groups (broad SMARTS) is 1. The summed E-state index contributed by atoms with van der Waals surface area (Å²) in [5, 5.41) is 13.5. The zero-order chi connectivity index (χ0) is 15.0. The van der Waals surface area contributed by atoms with Gasteiger partial charge in [0, 0.05) is 29.5 Å². The van der Waals surface area contributed by atoms with Crippen molar-refractivity contribution < 1.29 is 14.3 Å². The van der Waals surface area contributed by atoms with Crippen LogP contribution in [0.15, 0.2) is 33.2 Å². The highest BCUT2D eigenvalue weighted by atomic mass is 79.9. The number of carbonyl (C=O) groups is 1. The van der Waals surface area contributed by atoms with Crippen molar-refractivity contribution in [1.82, 2.24) is 10.2 Å². The smallest absolute Gasteiger partial charge is 0.322 e. The van der Waals surface area contributed by atoms with Crippen molar-refractivity contribution in [3.8, 4) is 0 Å². The van der Waals surface area contributed by atoms with Crippen LogP contribution in [0, 0.1) is 0 Å². The fourth-order valence-corrected chi connectivity index (χ4v) is 3.20. The molecule has 1 aliphatic heterocycles. The first-order valence-electron chi connectivity index (χ1n) is 6.94. The fourth-order valence-electron chi connectivity index (χ4n) is 2.82. The third kappa shape index (κ3) is 2.84. The van der Waals surface area contributed by atoms with Crippen LogP contribution in [0.1, 0.15) is 18.7 Å². The second-order valence-corrected chi connectivity index (χ2v) is 6.22. The quantitative estimate of drug-likeness (QED) is 0.888. The van der Waals surface area contributed by atoms with Crippen molar-refractivity contribution >= 4 is 32.9 Å². The summed E-state index contributed by atoms with van der Waals surface area (Å²) in [5.41, 5.74) is 0.821. The number of benzene rings is 1. The number of hydrogen-bond donors (Lipinski definition) is 2. The predicted octanol–water partition coefficient (Wildman–Crippen LogP) is 2.61. The third-order valence-electron chi connectivity index (χ3n) is 3.98. The molecule has 112 valence electrons. The van der Waals surface area contributed by atoms with Crippen molar-refractivity contribution in [2.24, 2.45) is 0 Å². The summed E-state index contributed by atoms with van der Waals surface area (Å²) < 4.78 is 6.89. The maximum atomic E-state index is 11.4. The summed E-state index contributed by atoms with van der Waals surface area (Å²) in [5.74, 6) is 0.00385. The number of nitrogens with one attached hydrogen (secondary N) is 1. The molecule has 0 saturated carbocycles. The second kappa shape index (κ2) is 5.79. The van der Waals surface area contributed by atoms with Gasteiger partial charge in [-0.2, -0.15) is 0 Å². The molecule has 1 aromatic carbocycles. The van der Waals surface area contributed by atoms with E-state index in [0.717, 1.165) is 27.7 Å². The number of halogens is 1. The Balaban J connectivity index is 1.91. The maximum absolute atomic E-state index is 11.4. The molecular formula is C15H17BrN2O3. The average Bonchev–Trinajstić information content (AvgIpc) is 2.89. The number of fused-ring (bicyclic) bond motifs is 1. The second-order valence-electron chi connectivity index (χ2n) is 5.30. The topological polar surface area (TPSA) is 65.7 Å². The highest BCUT2D eigenvalue weighted by Crippen LogP contribution is 2.30. The van der Waals surface area contributed by atoms with Crippen LogP contribution in [0.3, 0.4) is 0 Å². The summed E-state index contributed by atoms with van der Waals surface area (Å²) >= 11 is 3.45. The monoisotopic (exact) mass is 352 g/mol. The molecule has 2 atom stereocenters. The minimum atomic E-state index is -0.798. The Hall–Kier alpha value is -1.37. The standard InChI is InChI=1S/C15H17BrN2O3/c1-9(18-5-4-17-8-12(18)15(19)20)14-7-10-6-11(16)2-3-13(10)21-14/h2-3,6-7,9,12,17H,4-5,8H2,1H3,(H,19,20). The minimum absolute atomic E-state index is 0.0700. The van der Waals surface area contributed by atoms with Crippen molar-refractivity contribution in [3.05, 3.63) is 34.5 Å². The summed E-state index contributed by atoms with van der Waals surface area (Å²) in [6.45, 7) is 3.94. The maximum Gasteiger partial charge on any atom is 0.322 e. The molecule has 0 radical (unpaired) electrons. The minimum Gasteiger partial charge on any atom is -0.480 e. The van der Waals surface area contributed by atoms with E-state index in [1.165, 1.54) is 0 Å². The Labute approximate surface area is 131 Å². The van der Waals surface area contributed by atoms with Gasteiger partial charge in [-0.1, -0.05) is 15.9 Å². The zero-order valence-electron chi connectivity index (χ0n) is 11.7. The van der Waals surface area contributed by atoms with Gasteiger partial charge >= 0.3 is 5.97 Å². The largest absolute Gasteiger partial charge is 0.480 e. The molecule has 0 amide bonds. The Kier molecular flexibility index (Phi) is 4.01. The van der Waals surface area contributed by atoms with Crippen LogP contribution in [0.5, 0.6) is 0 Å². The third-order valence-corrected chi connectivity index (χ3v) is 4.47. The molecule has 1 saturated heterocycles. The summed E-state index contributed by atoms with van der Waals surface area (Å²) in [7, 11) is 0. The van der Waals surface area contributed by atoms with Gasteiger partial charge < -0.3 is 14.8 Å². The molecular weight excluding hydrogens is 336 g/mol. The van der Waals surface area contributed by atoms with Gasteiger partial charge in [0.1, 0.15) is 17.4 Å². The fraction of sp³-hybridized carbons (Fsp3) is 0.400. The summed E-state index contributed by atoms with van der Waals surface area (Å²) in [4.78, 5) is 13.4. The molecule has 2 unspecified atom stereocenters. The number of furan rings is 1. The van der Waals surface area contributed by atoms with Crippen LogP contribution in [0.2, 0.25) is 0 Å². The number of aliphatic carboxylic acids is 1. The van der Waals surface area contributed by atoms with Crippen LogP contribution in [-0.2, 0) is 4.79 Å². The van der Waals surface area contributed by atoms with E-state index in [2.05, 4.69) is 21.2 Å². The van der Waals surface area contributed by atoms with E-state index in [0.29, 0.717) is 13.1 Å². The summed E-state index contributed by atoms with van der Waals surface area (Å²) in [6, 6.07) is 7.26. The van der Waals surface area contributed by atoms with E-state index in [1.807, 2.05) is 36.1 Å². The first kappa shape index (κ1) is 14.6. The molecule has 2 N–H and O–H groups in total. The normalized spacial score (nSPS) is 21.5. The van der Waals surface area contributed by atoms with Crippen molar-refractivity contribution in [1.29, 1.82) is 0 Å². The lowest BCUT2D eigenvalue weighted by Crippen LogP contribution is -2.55. The van der Waals surface area contributed by atoms with E-state index in [4.69, 9.17) is 4.42 Å². The predicted molar refractivity (Wildman–Crippen MR) is 83.3 cm³/mol. The number of rotatable bonds is 3. The SMILES string of the molecule is CC(c1cc2cc(Br)ccc2o1)N1CCNCC1C(=O)O. The van der Waals surface area contributed by atoms with Crippen LogP contribution < -0.4 is 5.32 Å².